The summed E-state index contributed by atoms with van der Waals surface area (Å²) in [6.45, 7) is 2.19. The standard InChI is InChI=1S/C14H26N2O3.ClH/c1-19-14(6-8-15-9-7-14)13(18)16-10-11-4-2-3-5-12(11)17;/h11-12,15,17H,2-10H2,1H3,(H,16,18);1H. The third-order valence-electron chi connectivity index (χ3n) is 4.61. The maximum Gasteiger partial charge on any atom is 0.252 e. The molecule has 2 aliphatic rings. The van der Waals surface area contributed by atoms with Gasteiger partial charge in [-0.3, -0.25) is 4.79 Å². The Balaban J connectivity index is 0.00000200. The number of aliphatic hydroxyl groups is 1. The first-order chi connectivity index (χ1) is 9.18. The van der Waals surface area contributed by atoms with Gasteiger partial charge in [-0.25, -0.2) is 0 Å². The second-order valence-electron chi connectivity index (χ2n) is 5.77. The number of nitrogens with one attached hydrogen (secondary N) is 2. The van der Waals surface area contributed by atoms with Crippen molar-refractivity contribution in [2.24, 2.45) is 5.92 Å². The van der Waals surface area contributed by atoms with Gasteiger partial charge in [0, 0.05) is 19.6 Å². The quantitative estimate of drug-likeness (QED) is 0.720. The molecule has 5 nitrogen and oxygen atoms in total. The van der Waals surface area contributed by atoms with Crippen molar-refractivity contribution in [1.29, 1.82) is 0 Å². The number of aliphatic hydroxyl groups excluding tert-OH is 1. The SMILES string of the molecule is COC1(C(=O)NCC2CCCCC2O)CCNCC1.Cl. The molecule has 3 N–H and O–H groups in total. The van der Waals surface area contributed by atoms with Crippen LogP contribution in [0, 0.1) is 5.92 Å². The number of carbonyl (C=O) groups is 1. The molecular formula is C14H27ClN2O3. The molecule has 1 saturated carbocycles. The van der Waals surface area contributed by atoms with Gasteiger partial charge in [0.25, 0.3) is 5.91 Å². The molecule has 2 rings (SSSR count). The van der Waals surface area contributed by atoms with Crippen molar-refractivity contribution in [2.45, 2.75) is 50.2 Å². The van der Waals surface area contributed by atoms with Crippen LogP contribution < -0.4 is 10.6 Å². The van der Waals surface area contributed by atoms with Crippen molar-refractivity contribution in [3.05, 3.63) is 0 Å². The van der Waals surface area contributed by atoms with Gasteiger partial charge in [-0.1, -0.05) is 12.8 Å². The molecule has 0 bridgehead atoms. The highest BCUT2D eigenvalue weighted by atomic mass is 35.5. The first-order valence-corrected chi connectivity index (χ1v) is 7.40. The van der Waals surface area contributed by atoms with Crippen LogP contribution in [0.1, 0.15) is 38.5 Å². The summed E-state index contributed by atoms with van der Waals surface area (Å²) < 4.78 is 5.49. The molecule has 1 heterocycles. The molecule has 1 amide bonds. The highest BCUT2D eigenvalue weighted by molar-refractivity contribution is 5.85. The Morgan fingerprint density at radius 1 is 1.35 bits per heavy atom. The summed E-state index contributed by atoms with van der Waals surface area (Å²) in [5, 5.41) is 16.2. The lowest BCUT2D eigenvalue weighted by Gasteiger charge is -2.36. The van der Waals surface area contributed by atoms with Crippen molar-refractivity contribution in [2.75, 3.05) is 26.7 Å². The molecule has 1 aliphatic carbocycles. The second-order valence-corrected chi connectivity index (χ2v) is 5.77. The lowest BCUT2D eigenvalue weighted by molar-refractivity contribution is -0.147. The minimum atomic E-state index is -0.676. The fourth-order valence-corrected chi connectivity index (χ4v) is 3.17. The number of hydrogen-bond acceptors (Lipinski definition) is 4. The van der Waals surface area contributed by atoms with Crippen molar-refractivity contribution >= 4 is 18.3 Å². The maximum absolute atomic E-state index is 12.4. The van der Waals surface area contributed by atoms with E-state index in [4.69, 9.17) is 4.74 Å². The molecule has 2 atom stereocenters. The molecule has 0 radical (unpaired) electrons. The van der Waals surface area contributed by atoms with E-state index >= 15 is 0 Å². The summed E-state index contributed by atoms with van der Waals surface area (Å²) in [6, 6.07) is 0. The van der Waals surface area contributed by atoms with Crippen molar-refractivity contribution < 1.29 is 14.6 Å². The number of piperidine rings is 1. The van der Waals surface area contributed by atoms with Crippen LogP contribution in [0.25, 0.3) is 0 Å². The fraction of sp³-hybridized carbons (Fsp3) is 0.929. The van der Waals surface area contributed by atoms with E-state index < -0.39 is 5.60 Å². The van der Waals surface area contributed by atoms with Crippen LogP contribution in [0.4, 0.5) is 0 Å². The molecule has 0 aromatic heterocycles. The largest absolute Gasteiger partial charge is 0.393 e. The zero-order chi connectivity index (χ0) is 13.7. The van der Waals surface area contributed by atoms with Crippen molar-refractivity contribution in [3.8, 4) is 0 Å². The maximum atomic E-state index is 12.4. The predicted octanol–water partition coefficient (Wildman–Crippen LogP) is 0.844. The Kier molecular flexibility index (Phi) is 7.23. The normalized spacial score (nSPS) is 29.3. The number of methoxy groups -OCH3 is 1. The van der Waals surface area contributed by atoms with Gasteiger partial charge in [-0.2, -0.15) is 0 Å². The highest BCUT2D eigenvalue weighted by Crippen LogP contribution is 2.25. The lowest BCUT2D eigenvalue weighted by Crippen LogP contribution is -2.55. The Hall–Kier alpha value is -0.360. The van der Waals surface area contributed by atoms with Crippen LogP contribution in [0.2, 0.25) is 0 Å². The number of ether oxygens (including phenoxy) is 1. The van der Waals surface area contributed by atoms with Crippen LogP contribution in [-0.2, 0) is 9.53 Å². The smallest absolute Gasteiger partial charge is 0.252 e. The fourth-order valence-electron chi connectivity index (χ4n) is 3.17. The number of rotatable bonds is 4. The van der Waals surface area contributed by atoms with Gasteiger partial charge in [-0.05, 0) is 38.8 Å². The minimum Gasteiger partial charge on any atom is -0.393 e. The molecule has 0 spiro atoms. The number of halogens is 1. The Labute approximate surface area is 127 Å². The van der Waals surface area contributed by atoms with E-state index in [1.165, 1.54) is 0 Å². The van der Waals surface area contributed by atoms with Gasteiger partial charge >= 0.3 is 0 Å². The molecule has 6 heteroatoms. The summed E-state index contributed by atoms with van der Waals surface area (Å²) in [5.74, 6) is 0.183. The highest BCUT2D eigenvalue weighted by Gasteiger charge is 2.39. The average Bonchev–Trinajstić information content (AvgIpc) is 2.46. The van der Waals surface area contributed by atoms with E-state index in [2.05, 4.69) is 10.6 Å². The molecule has 1 aliphatic heterocycles. The van der Waals surface area contributed by atoms with Gasteiger partial charge in [0.2, 0.25) is 0 Å². The lowest BCUT2D eigenvalue weighted by atomic mass is 9.86. The second kappa shape index (κ2) is 8.17. The zero-order valence-corrected chi connectivity index (χ0v) is 13.0. The summed E-state index contributed by atoms with van der Waals surface area (Å²) in [4.78, 5) is 12.4. The van der Waals surface area contributed by atoms with Gasteiger partial charge in [0.15, 0.2) is 0 Å². The van der Waals surface area contributed by atoms with Gasteiger partial charge in [-0.15, -0.1) is 12.4 Å². The van der Waals surface area contributed by atoms with E-state index in [1.54, 1.807) is 7.11 Å². The topological polar surface area (TPSA) is 70.6 Å². The van der Waals surface area contributed by atoms with Gasteiger partial charge in [0.1, 0.15) is 5.60 Å². The molecular weight excluding hydrogens is 280 g/mol. The van der Waals surface area contributed by atoms with Gasteiger partial charge in [0.05, 0.1) is 6.10 Å². The number of hydrogen-bond donors (Lipinski definition) is 3. The molecule has 118 valence electrons. The number of carbonyl (C=O) groups excluding carboxylic acids is 1. The summed E-state index contributed by atoms with van der Waals surface area (Å²) >= 11 is 0. The summed E-state index contributed by atoms with van der Waals surface area (Å²) in [6.07, 6.45) is 5.27. The molecule has 1 saturated heterocycles. The van der Waals surface area contributed by atoms with E-state index in [-0.39, 0.29) is 30.3 Å². The average molecular weight is 307 g/mol. The van der Waals surface area contributed by atoms with E-state index in [1.807, 2.05) is 0 Å². The Morgan fingerprint density at radius 2 is 2.00 bits per heavy atom. The first-order valence-electron chi connectivity index (χ1n) is 7.40. The predicted molar refractivity (Wildman–Crippen MR) is 80.1 cm³/mol. The van der Waals surface area contributed by atoms with Crippen molar-refractivity contribution in [3.63, 3.8) is 0 Å². The third-order valence-corrected chi connectivity index (χ3v) is 4.61. The van der Waals surface area contributed by atoms with Crippen LogP contribution >= 0.6 is 12.4 Å². The van der Waals surface area contributed by atoms with Crippen molar-refractivity contribution in [1.82, 2.24) is 10.6 Å². The van der Waals surface area contributed by atoms with Gasteiger partial charge < -0.3 is 20.5 Å². The van der Waals surface area contributed by atoms with Crippen LogP contribution in [0.15, 0.2) is 0 Å². The zero-order valence-electron chi connectivity index (χ0n) is 12.2. The molecule has 2 unspecified atom stereocenters. The number of amides is 1. The summed E-state index contributed by atoms with van der Waals surface area (Å²) in [5.41, 5.74) is -0.676. The first kappa shape index (κ1) is 17.7. The Morgan fingerprint density at radius 3 is 2.60 bits per heavy atom. The van der Waals surface area contributed by atoms with Crippen LogP contribution in [0.3, 0.4) is 0 Å². The molecule has 0 aromatic carbocycles. The third kappa shape index (κ3) is 4.07. The monoisotopic (exact) mass is 306 g/mol. The Bertz CT molecular complexity index is 309. The van der Waals surface area contributed by atoms with E-state index in [0.29, 0.717) is 19.4 Å². The molecule has 20 heavy (non-hydrogen) atoms. The molecule has 0 aromatic rings. The summed E-state index contributed by atoms with van der Waals surface area (Å²) in [7, 11) is 1.61. The van der Waals surface area contributed by atoms with Crippen LogP contribution in [-0.4, -0.2) is 49.5 Å². The van der Waals surface area contributed by atoms with E-state index in [9.17, 15) is 9.90 Å². The van der Waals surface area contributed by atoms with Crippen LogP contribution in [0.5, 0.6) is 0 Å². The molecule has 2 fully saturated rings. The van der Waals surface area contributed by atoms with E-state index in [0.717, 1.165) is 38.8 Å². The minimum absolute atomic E-state index is 0.